The van der Waals surface area contributed by atoms with E-state index in [4.69, 9.17) is 10.00 Å². The van der Waals surface area contributed by atoms with Gasteiger partial charge in [0.1, 0.15) is 5.75 Å². The van der Waals surface area contributed by atoms with Crippen LogP contribution in [0, 0.1) is 18.3 Å². The lowest BCUT2D eigenvalue weighted by Gasteiger charge is -2.17. The standard InChI is InChI=1S/C19H18BrN3O3/c1-13-8-15(20)6-7-17(13)22-18(24)11-23(2)19(25)12-26-16-5-3-4-14(9-16)10-21/h3-9H,11-12H2,1-2H3,(H,22,24). The van der Waals surface area contributed by atoms with E-state index < -0.39 is 0 Å². The molecule has 26 heavy (non-hydrogen) atoms. The Morgan fingerprint density at radius 3 is 2.73 bits per heavy atom. The lowest BCUT2D eigenvalue weighted by Crippen LogP contribution is -2.37. The molecular weight excluding hydrogens is 398 g/mol. The molecule has 0 spiro atoms. The van der Waals surface area contributed by atoms with Gasteiger partial charge in [-0.3, -0.25) is 9.59 Å². The molecule has 0 aliphatic carbocycles. The van der Waals surface area contributed by atoms with Crippen LogP contribution in [0.15, 0.2) is 46.9 Å². The van der Waals surface area contributed by atoms with Crippen molar-refractivity contribution in [1.82, 2.24) is 4.90 Å². The van der Waals surface area contributed by atoms with Gasteiger partial charge in [0.05, 0.1) is 18.2 Å². The topological polar surface area (TPSA) is 82.4 Å². The largest absolute Gasteiger partial charge is 0.484 e. The Balaban J connectivity index is 1.85. The van der Waals surface area contributed by atoms with Crippen LogP contribution in [-0.4, -0.2) is 36.9 Å². The number of anilines is 1. The zero-order chi connectivity index (χ0) is 19.1. The molecule has 0 fully saturated rings. The molecule has 1 N–H and O–H groups in total. The van der Waals surface area contributed by atoms with E-state index in [9.17, 15) is 9.59 Å². The molecule has 134 valence electrons. The van der Waals surface area contributed by atoms with Crippen molar-refractivity contribution in [1.29, 1.82) is 5.26 Å². The molecule has 0 atom stereocenters. The number of likely N-dealkylation sites (N-methyl/N-ethyl adjacent to an activating group) is 1. The Morgan fingerprint density at radius 1 is 1.27 bits per heavy atom. The van der Waals surface area contributed by atoms with Crippen LogP contribution < -0.4 is 10.1 Å². The highest BCUT2D eigenvalue weighted by molar-refractivity contribution is 9.10. The first-order chi connectivity index (χ1) is 12.4. The fraction of sp³-hybridized carbons (Fsp3) is 0.211. The third-order valence-electron chi connectivity index (χ3n) is 3.59. The maximum atomic E-state index is 12.1. The zero-order valence-electron chi connectivity index (χ0n) is 14.5. The number of nitrogens with one attached hydrogen (secondary N) is 1. The molecule has 0 aliphatic rings. The van der Waals surface area contributed by atoms with E-state index in [-0.39, 0.29) is 25.0 Å². The monoisotopic (exact) mass is 415 g/mol. The Morgan fingerprint density at radius 2 is 2.04 bits per heavy atom. The van der Waals surface area contributed by atoms with Gasteiger partial charge in [-0.05, 0) is 48.9 Å². The fourth-order valence-electron chi connectivity index (χ4n) is 2.17. The quantitative estimate of drug-likeness (QED) is 0.785. The van der Waals surface area contributed by atoms with Gasteiger partial charge in [-0.15, -0.1) is 0 Å². The molecule has 2 amide bonds. The number of hydrogen-bond donors (Lipinski definition) is 1. The Hall–Kier alpha value is -2.85. The number of carbonyl (C=O) groups excluding carboxylic acids is 2. The Bertz CT molecular complexity index is 861. The average Bonchev–Trinajstić information content (AvgIpc) is 2.62. The highest BCUT2D eigenvalue weighted by Gasteiger charge is 2.14. The van der Waals surface area contributed by atoms with Gasteiger partial charge in [-0.25, -0.2) is 0 Å². The number of nitriles is 1. The first-order valence-corrected chi connectivity index (χ1v) is 8.61. The van der Waals surface area contributed by atoms with Gasteiger partial charge in [0, 0.05) is 17.2 Å². The number of hydrogen-bond acceptors (Lipinski definition) is 4. The maximum absolute atomic E-state index is 12.1. The van der Waals surface area contributed by atoms with Crippen molar-refractivity contribution in [3.63, 3.8) is 0 Å². The summed E-state index contributed by atoms with van der Waals surface area (Å²) >= 11 is 3.37. The first-order valence-electron chi connectivity index (χ1n) is 7.82. The van der Waals surface area contributed by atoms with Crippen LogP contribution in [0.25, 0.3) is 0 Å². The van der Waals surface area contributed by atoms with Gasteiger partial charge in [0.2, 0.25) is 5.91 Å². The summed E-state index contributed by atoms with van der Waals surface area (Å²) in [6.07, 6.45) is 0. The fourth-order valence-corrected chi connectivity index (χ4v) is 2.65. The van der Waals surface area contributed by atoms with Gasteiger partial charge in [0.15, 0.2) is 6.61 Å². The zero-order valence-corrected chi connectivity index (χ0v) is 16.0. The minimum absolute atomic E-state index is 0.0874. The van der Waals surface area contributed by atoms with Crippen LogP contribution in [0.2, 0.25) is 0 Å². The highest BCUT2D eigenvalue weighted by atomic mass is 79.9. The predicted molar refractivity (Wildman–Crippen MR) is 102 cm³/mol. The second-order valence-electron chi connectivity index (χ2n) is 5.69. The molecule has 7 heteroatoms. The summed E-state index contributed by atoms with van der Waals surface area (Å²) < 4.78 is 6.31. The molecule has 0 aromatic heterocycles. The summed E-state index contributed by atoms with van der Waals surface area (Å²) in [6.45, 7) is 1.59. The summed E-state index contributed by atoms with van der Waals surface area (Å²) in [4.78, 5) is 25.5. The molecule has 0 saturated carbocycles. The second-order valence-corrected chi connectivity index (χ2v) is 6.60. The van der Waals surface area contributed by atoms with Gasteiger partial charge in [0.25, 0.3) is 5.91 Å². The number of rotatable bonds is 6. The molecule has 2 rings (SSSR count). The third-order valence-corrected chi connectivity index (χ3v) is 4.09. The predicted octanol–water partition coefficient (Wildman–Crippen LogP) is 3.11. The van der Waals surface area contributed by atoms with Crippen molar-refractivity contribution in [3.05, 3.63) is 58.1 Å². The smallest absolute Gasteiger partial charge is 0.260 e. The maximum Gasteiger partial charge on any atom is 0.260 e. The highest BCUT2D eigenvalue weighted by Crippen LogP contribution is 2.20. The van der Waals surface area contributed by atoms with Crippen molar-refractivity contribution < 1.29 is 14.3 Å². The van der Waals surface area contributed by atoms with Gasteiger partial charge in [-0.2, -0.15) is 5.26 Å². The minimum atomic E-state index is -0.338. The van der Waals surface area contributed by atoms with Gasteiger partial charge >= 0.3 is 0 Å². The van der Waals surface area contributed by atoms with Gasteiger partial charge < -0.3 is 15.0 Å². The van der Waals surface area contributed by atoms with E-state index in [1.165, 1.54) is 11.9 Å². The van der Waals surface area contributed by atoms with Crippen molar-refractivity contribution in [2.75, 3.05) is 25.5 Å². The number of ether oxygens (including phenoxy) is 1. The van der Waals surface area contributed by atoms with Crippen LogP contribution in [0.5, 0.6) is 5.75 Å². The van der Waals surface area contributed by atoms with Crippen LogP contribution >= 0.6 is 15.9 Å². The van der Waals surface area contributed by atoms with Crippen LogP contribution in [0.3, 0.4) is 0 Å². The van der Waals surface area contributed by atoms with E-state index in [1.54, 1.807) is 30.3 Å². The first kappa shape index (κ1) is 19.5. The number of amides is 2. The molecule has 2 aromatic carbocycles. The van der Waals surface area contributed by atoms with E-state index in [0.717, 1.165) is 10.0 Å². The second kappa shape index (κ2) is 9.02. The van der Waals surface area contributed by atoms with Gasteiger partial charge in [-0.1, -0.05) is 22.0 Å². The summed E-state index contributed by atoms with van der Waals surface area (Å²) in [5.41, 5.74) is 2.07. The van der Waals surface area contributed by atoms with E-state index in [0.29, 0.717) is 17.0 Å². The molecular formula is C19H18BrN3O3. The van der Waals surface area contributed by atoms with Crippen LogP contribution in [-0.2, 0) is 9.59 Å². The lowest BCUT2D eigenvalue weighted by molar-refractivity contribution is -0.135. The molecule has 0 bridgehead atoms. The van der Waals surface area contributed by atoms with Crippen molar-refractivity contribution >= 4 is 33.4 Å². The van der Waals surface area contributed by atoms with E-state index in [2.05, 4.69) is 21.2 Å². The molecule has 2 aromatic rings. The average molecular weight is 416 g/mol. The number of aryl methyl sites for hydroxylation is 1. The van der Waals surface area contributed by atoms with Crippen molar-refractivity contribution in [2.45, 2.75) is 6.92 Å². The molecule has 0 radical (unpaired) electrons. The molecule has 0 heterocycles. The summed E-state index contributed by atoms with van der Waals surface area (Å²) in [5, 5.41) is 11.6. The number of carbonyl (C=O) groups is 2. The normalized spacial score (nSPS) is 9.92. The summed E-state index contributed by atoms with van der Waals surface area (Å²) in [5.74, 6) is -0.200. The van der Waals surface area contributed by atoms with E-state index in [1.807, 2.05) is 25.1 Å². The number of halogens is 1. The van der Waals surface area contributed by atoms with E-state index >= 15 is 0 Å². The summed E-state index contributed by atoms with van der Waals surface area (Å²) in [6, 6.07) is 14.1. The number of nitrogens with zero attached hydrogens (tertiary/aromatic N) is 2. The molecule has 6 nitrogen and oxygen atoms in total. The Labute approximate surface area is 160 Å². The summed E-state index contributed by atoms with van der Waals surface area (Å²) in [7, 11) is 1.53. The van der Waals surface area contributed by atoms with Crippen molar-refractivity contribution in [3.8, 4) is 11.8 Å². The van der Waals surface area contributed by atoms with Crippen molar-refractivity contribution in [2.24, 2.45) is 0 Å². The van der Waals surface area contributed by atoms with Crippen LogP contribution in [0.1, 0.15) is 11.1 Å². The lowest BCUT2D eigenvalue weighted by atomic mass is 10.2. The molecule has 0 saturated heterocycles. The SMILES string of the molecule is Cc1cc(Br)ccc1NC(=O)CN(C)C(=O)COc1cccc(C#N)c1. The number of benzene rings is 2. The molecule has 0 aliphatic heterocycles. The Kier molecular flexibility index (Phi) is 6.75. The molecule has 0 unspecified atom stereocenters. The van der Waals surface area contributed by atoms with Crippen LogP contribution in [0.4, 0.5) is 5.69 Å². The minimum Gasteiger partial charge on any atom is -0.484 e. The third kappa shape index (κ3) is 5.60.